The second-order valence-electron chi connectivity index (χ2n) is 6.32. The summed E-state index contributed by atoms with van der Waals surface area (Å²) in [6.07, 6.45) is 0. The fraction of sp³-hybridized carbons (Fsp3) is 0.588. The second kappa shape index (κ2) is 7.38. The highest BCUT2D eigenvalue weighted by molar-refractivity contribution is 5.72. The number of nitrogens with zero attached hydrogens (tertiary/aromatic N) is 2. The second-order valence-corrected chi connectivity index (χ2v) is 6.32. The molecule has 2 saturated heterocycles. The normalized spacial score (nSPS) is 26.5. The van der Waals surface area contributed by atoms with E-state index >= 15 is 0 Å². The number of likely N-dealkylation sites (tertiary alicyclic amines) is 1. The van der Waals surface area contributed by atoms with Gasteiger partial charge in [0.1, 0.15) is 5.82 Å². The minimum absolute atomic E-state index is 0.0715. The summed E-state index contributed by atoms with van der Waals surface area (Å²) < 4.78 is 18.4. The summed E-state index contributed by atoms with van der Waals surface area (Å²) in [5, 5.41) is 9.51. The highest BCUT2D eigenvalue weighted by atomic mass is 19.1. The third kappa shape index (κ3) is 4.07. The van der Waals surface area contributed by atoms with Gasteiger partial charge in [-0.25, -0.2) is 4.39 Å². The van der Waals surface area contributed by atoms with Crippen LogP contribution in [0.1, 0.15) is 11.5 Å². The Morgan fingerprint density at radius 1 is 1.13 bits per heavy atom. The summed E-state index contributed by atoms with van der Waals surface area (Å²) in [5.74, 6) is -1.56. The number of morpholine rings is 1. The molecule has 2 heterocycles. The van der Waals surface area contributed by atoms with E-state index in [1.165, 1.54) is 12.1 Å². The number of carboxylic acids is 1. The molecule has 1 aromatic carbocycles. The lowest BCUT2D eigenvalue weighted by Gasteiger charge is -2.28. The van der Waals surface area contributed by atoms with E-state index in [1.807, 2.05) is 0 Å². The topological polar surface area (TPSA) is 53.0 Å². The molecule has 23 heavy (non-hydrogen) atoms. The van der Waals surface area contributed by atoms with Crippen molar-refractivity contribution in [2.24, 2.45) is 5.92 Å². The monoisotopic (exact) mass is 322 g/mol. The van der Waals surface area contributed by atoms with Gasteiger partial charge >= 0.3 is 5.97 Å². The average molecular weight is 322 g/mol. The highest BCUT2D eigenvalue weighted by Gasteiger charge is 2.38. The first-order chi connectivity index (χ1) is 11.1. The van der Waals surface area contributed by atoms with Gasteiger partial charge in [0.2, 0.25) is 0 Å². The first kappa shape index (κ1) is 16.4. The predicted octanol–water partition coefficient (Wildman–Crippen LogP) is 1.26. The van der Waals surface area contributed by atoms with E-state index in [2.05, 4.69) is 9.80 Å². The Balaban J connectivity index is 1.61. The van der Waals surface area contributed by atoms with Crippen molar-refractivity contribution in [1.82, 2.24) is 9.80 Å². The Labute approximate surface area is 135 Å². The number of benzene rings is 1. The van der Waals surface area contributed by atoms with Gasteiger partial charge < -0.3 is 14.7 Å². The minimum Gasteiger partial charge on any atom is -0.481 e. The van der Waals surface area contributed by atoms with Crippen LogP contribution in [0.3, 0.4) is 0 Å². The van der Waals surface area contributed by atoms with E-state index in [4.69, 9.17) is 4.74 Å². The lowest BCUT2D eigenvalue weighted by atomic mass is 9.89. The molecule has 126 valence electrons. The Bertz CT molecular complexity index is 531. The van der Waals surface area contributed by atoms with Crippen LogP contribution in [0.25, 0.3) is 0 Å². The summed E-state index contributed by atoms with van der Waals surface area (Å²) in [4.78, 5) is 16.1. The molecule has 0 bridgehead atoms. The molecule has 0 amide bonds. The van der Waals surface area contributed by atoms with E-state index in [-0.39, 0.29) is 11.7 Å². The average Bonchev–Trinajstić information content (AvgIpc) is 2.99. The number of hydrogen-bond donors (Lipinski definition) is 1. The summed E-state index contributed by atoms with van der Waals surface area (Å²) in [6.45, 7) is 6.50. The predicted molar refractivity (Wildman–Crippen MR) is 84.0 cm³/mol. The molecule has 0 aliphatic carbocycles. The van der Waals surface area contributed by atoms with Crippen molar-refractivity contribution in [1.29, 1.82) is 0 Å². The van der Waals surface area contributed by atoms with Crippen molar-refractivity contribution in [3.63, 3.8) is 0 Å². The fourth-order valence-corrected chi connectivity index (χ4v) is 3.47. The van der Waals surface area contributed by atoms with E-state index in [0.29, 0.717) is 13.1 Å². The van der Waals surface area contributed by atoms with Crippen molar-refractivity contribution >= 4 is 5.97 Å². The zero-order chi connectivity index (χ0) is 16.2. The number of carbonyl (C=O) groups is 1. The largest absolute Gasteiger partial charge is 0.481 e. The van der Waals surface area contributed by atoms with Crippen LogP contribution in [0, 0.1) is 11.7 Å². The van der Waals surface area contributed by atoms with Crippen LogP contribution >= 0.6 is 0 Å². The lowest BCUT2D eigenvalue weighted by molar-refractivity contribution is -0.141. The summed E-state index contributed by atoms with van der Waals surface area (Å²) in [5.41, 5.74) is 0.910. The van der Waals surface area contributed by atoms with Gasteiger partial charge in [-0.05, 0) is 17.7 Å². The smallest absolute Gasteiger partial charge is 0.308 e. The number of aliphatic carboxylic acids is 1. The van der Waals surface area contributed by atoms with Gasteiger partial charge in [0.05, 0.1) is 19.1 Å². The van der Waals surface area contributed by atoms with Crippen molar-refractivity contribution in [3.05, 3.63) is 35.6 Å². The zero-order valence-corrected chi connectivity index (χ0v) is 13.2. The molecule has 1 aromatic rings. The molecule has 6 heteroatoms. The summed E-state index contributed by atoms with van der Waals surface area (Å²) in [7, 11) is 0. The standard InChI is InChI=1S/C17H23FN2O3/c18-14-3-1-13(2-4-14)15-11-20(12-16(15)17(21)22)6-5-19-7-9-23-10-8-19/h1-4,15-16H,5-12H2,(H,21,22)/t15-,16+/m0/s1. The van der Waals surface area contributed by atoms with E-state index in [9.17, 15) is 14.3 Å². The first-order valence-corrected chi connectivity index (χ1v) is 8.14. The zero-order valence-electron chi connectivity index (χ0n) is 13.2. The number of hydrogen-bond acceptors (Lipinski definition) is 4. The molecule has 0 spiro atoms. The van der Waals surface area contributed by atoms with Gasteiger partial charge in [-0.2, -0.15) is 0 Å². The van der Waals surface area contributed by atoms with Crippen molar-refractivity contribution < 1.29 is 19.0 Å². The maximum Gasteiger partial charge on any atom is 0.308 e. The molecule has 2 aliphatic heterocycles. The molecule has 2 atom stereocenters. The fourth-order valence-electron chi connectivity index (χ4n) is 3.47. The maximum absolute atomic E-state index is 13.1. The van der Waals surface area contributed by atoms with Gasteiger partial charge in [0.15, 0.2) is 0 Å². The molecule has 0 aromatic heterocycles. The van der Waals surface area contributed by atoms with Crippen LogP contribution in [0.2, 0.25) is 0 Å². The highest BCUT2D eigenvalue weighted by Crippen LogP contribution is 2.32. The van der Waals surface area contributed by atoms with Gasteiger partial charge in [0, 0.05) is 45.2 Å². The van der Waals surface area contributed by atoms with Gasteiger partial charge in [-0.15, -0.1) is 0 Å². The number of halogens is 1. The molecule has 1 N–H and O–H groups in total. The van der Waals surface area contributed by atoms with Crippen molar-refractivity contribution in [2.75, 3.05) is 52.5 Å². The van der Waals surface area contributed by atoms with Gasteiger partial charge in [0.25, 0.3) is 0 Å². The minimum atomic E-state index is -0.770. The SMILES string of the molecule is O=C(O)[C@@H]1CN(CCN2CCOCC2)C[C@H]1c1ccc(F)cc1. The first-order valence-electron chi connectivity index (χ1n) is 8.14. The molecule has 3 rings (SSSR count). The number of carboxylic acid groups (broad SMARTS) is 1. The molecule has 5 nitrogen and oxygen atoms in total. The van der Waals surface area contributed by atoms with E-state index < -0.39 is 11.9 Å². The third-order valence-electron chi connectivity index (χ3n) is 4.85. The molecule has 0 unspecified atom stereocenters. The Hall–Kier alpha value is -1.50. The van der Waals surface area contributed by atoms with Gasteiger partial charge in [-0.3, -0.25) is 9.69 Å². The van der Waals surface area contributed by atoms with Crippen LogP contribution < -0.4 is 0 Å². The number of ether oxygens (including phenoxy) is 1. The molecule has 2 fully saturated rings. The van der Waals surface area contributed by atoms with Crippen LogP contribution in [0.15, 0.2) is 24.3 Å². The van der Waals surface area contributed by atoms with Crippen molar-refractivity contribution in [3.8, 4) is 0 Å². The molecular formula is C17H23FN2O3. The Kier molecular flexibility index (Phi) is 5.25. The van der Waals surface area contributed by atoms with E-state index in [0.717, 1.165) is 45.0 Å². The van der Waals surface area contributed by atoms with Crippen LogP contribution in [0.4, 0.5) is 4.39 Å². The summed E-state index contributed by atoms with van der Waals surface area (Å²) in [6, 6.07) is 6.23. The molecule has 2 aliphatic rings. The lowest BCUT2D eigenvalue weighted by Crippen LogP contribution is -2.41. The van der Waals surface area contributed by atoms with E-state index in [1.54, 1.807) is 12.1 Å². The summed E-state index contributed by atoms with van der Waals surface area (Å²) >= 11 is 0. The maximum atomic E-state index is 13.1. The number of rotatable bonds is 5. The molecule has 0 saturated carbocycles. The Morgan fingerprint density at radius 2 is 1.78 bits per heavy atom. The van der Waals surface area contributed by atoms with Crippen LogP contribution in [-0.4, -0.2) is 73.4 Å². The Morgan fingerprint density at radius 3 is 2.43 bits per heavy atom. The van der Waals surface area contributed by atoms with Crippen LogP contribution in [-0.2, 0) is 9.53 Å². The van der Waals surface area contributed by atoms with Crippen molar-refractivity contribution in [2.45, 2.75) is 5.92 Å². The molecular weight excluding hydrogens is 299 g/mol. The van der Waals surface area contributed by atoms with Gasteiger partial charge in [-0.1, -0.05) is 12.1 Å². The quantitative estimate of drug-likeness (QED) is 0.884. The van der Waals surface area contributed by atoms with Crippen LogP contribution in [0.5, 0.6) is 0 Å². The molecule has 0 radical (unpaired) electrons. The third-order valence-corrected chi connectivity index (χ3v) is 4.85.